The van der Waals surface area contributed by atoms with Crippen LogP contribution < -0.4 is 10.2 Å². The van der Waals surface area contributed by atoms with Gasteiger partial charge in [-0.15, -0.1) is 0 Å². The molecule has 0 unspecified atom stereocenters. The number of anilines is 2. The van der Waals surface area contributed by atoms with Gasteiger partial charge in [-0.05, 0) is 49.0 Å². The summed E-state index contributed by atoms with van der Waals surface area (Å²) in [5, 5.41) is 3.99. The molecule has 5 heteroatoms. The SMILES string of the molecule is Cc1ccnc(NC(=S)N2CCN(c3ccccc3)CC2)c1. The van der Waals surface area contributed by atoms with Crippen molar-refractivity contribution in [3.8, 4) is 0 Å². The molecule has 0 bridgehead atoms. The van der Waals surface area contributed by atoms with Crippen LogP contribution in [-0.4, -0.2) is 41.2 Å². The summed E-state index contributed by atoms with van der Waals surface area (Å²) in [6.07, 6.45) is 1.80. The predicted octanol–water partition coefficient (Wildman–Crippen LogP) is 2.91. The first-order valence-corrected chi connectivity index (χ1v) is 7.92. The highest BCUT2D eigenvalue weighted by Gasteiger charge is 2.19. The van der Waals surface area contributed by atoms with Gasteiger partial charge in [0.05, 0.1) is 0 Å². The highest BCUT2D eigenvalue weighted by atomic mass is 32.1. The minimum atomic E-state index is 0.755. The number of aromatic nitrogens is 1. The molecule has 1 aromatic carbocycles. The molecule has 0 amide bonds. The minimum absolute atomic E-state index is 0.755. The highest BCUT2D eigenvalue weighted by Crippen LogP contribution is 2.16. The average Bonchev–Trinajstić information content (AvgIpc) is 2.56. The fourth-order valence-corrected chi connectivity index (χ4v) is 2.89. The number of hydrogen-bond donors (Lipinski definition) is 1. The fraction of sp³-hybridized carbons (Fsp3) is 0.294. The number of para-hydroxylation sites is 1. The number of benzene rings is 1. The maximum atomic E-state index is 5.51. The zero-order valence-corrected chi connectivity index (χ0v) is 13.5. The molecule has 1 aliphatic rings. The van der Waals surface area contributed by atoms with E-state index >= 15 is 0 Å². The van der Waals surface area contributed by atoms with Crippen LogP contribution in [0.1, 0.15) is 5.56 Å². The number of piperazine rings is 1. The number of aryl methyl sites for hydroxylation is 1. The van der Waals surface area contributed by atoms with E-state index < -0.39 is 0 Å². The molecule has 0 atom stereocenters. The fourth-order valence-electron chi connectivity index (χ4n) is 2.60. The molecule has 2 aromatic rings. The molecule has 1 N–H and O–H groups in total. The Morgan fingerprint density at radius 2 is 1.82 bits per heavy atom. The Morgan fingerprint density at radius 1 is 1.09 bits per heavy atom. The molecule has 1 fully saturated rings. The third-order valence-corrected chi connectivity index (χ3v) is 4.20. The Morgan fingerprint density at radius 3 is 2.50 bits per heavy atom. The van der Waals surface area contributed by atoms with E-state index in [0.717, 1.165) is 37.1 Å². The van der Waals surface area contributed by atoms with Gasteiger partial charge >= 0.3 is 0 Å². The van der Waals surface area contributed by atoms with Gasteiger partial charge in [-0.2, -0.15) is 0 Å². The first kappa shape index (κ1) is 14.8. The topological polar surface area (TPSA) is 31.4 Å². The van der Waals surface area contributed by atoms with Gasteiger partial charge in [-0.3, -0.25) is 0 Å². The molecule has 1 aliphatic heterocycles. The Bertz CT molecular complexity index is 636. The molecule has 22 heavy (non-hydrogen) atoms. The van der Waals surface area contributed by atoms with Crippen molar-refractivity contribution in [3.63, 3.8) is 0 Å². The number of hydrogen-bond acceptors (Lipinski definition) is 3. The molecule has 114 valence electrons. The van der Waals surface area contributed by atoms with E-state index in [1.165, 1.54) is 11.3 Å². The molecule has 0 spiro atoms. The lowest BCUT2D eigenvalue weighted by molar-refractivity contribution is 0.391. The van der Waals surface area contributed by atoms with Crippen LogP contribution in [-0.2, 0) is 0 Å². The van der Waals surface area contributed by atoms with Crippen LogP contribution in [0.2, 0.25) is 0 Å². The summed E-state index contributed by atoms with van der Waals surface area (Å²) in [7, 11) is 0. The van der Waals surface area contributed by atoms with Crippen molar-refractivity contribution in [2.24, 2.45) is 0 Å². The van der Waals surface area contributed by atoms with Crippen LogP contribution in [0.3, 0.4) is 0 Å². The Balaban J connectivity index is 1.56. The van der Waals surface area contributed by atoms with E-state index in [9.17, 15) is 0 Å². The third kappa shape index (κ3) is 3.54. The lowest BCUT2D eigenvalue weighted by atomic mass is 10.2. The number of nitrogens with zero attached hydrogens (tertiary/aromatic N) is 3. The van der Waals surface area contributed by atoms with E-state index in [4.69, 9.17) is 12.2 Å². The maximum absolute atomic E-state index is 5.51. The summed E-state index contributed by atoms with van der Waals surface area (Å²) < 4.78 is 0. The van der Waals surface area contributed by atoms with Crippen LogP contribution in [0.4, 0.5) is 11.5 Å². The van der Waals surface area contributed by atoms with Crippen molar-refractivity contribution in [1.29, 1.82) is 0 Å². The van der Waals surface area contributed by atoms with E-state index in [0.29, 0.717) is 0 Å². The van der Waals surface area contributed by atoms with E-state index in [2.05, 4.69) is 51.3 Å². The van der Waals surface area contributed by atoms with Gasteiger partial charge in [0.15, 0.2) is 5.11 Å². The summed E-state index contributed by atoms with van der Waals surface area (Å²) in [6.45, 7) is 5.85. The molecular formula is C17H20N4S. The number of pyridine rings is 1. The summed E-state index contributed by atoms with van der Waals surface area (Å²) >= 11 is 5.51. The Kier molecular flexibility index (Phi) is 4.53. The van der Waals surface area contributed by atoms with Crippen LogP contribution in [0.15, 0.2) is 48.7 Å². The Labute approximate surface area is 136 Å². The summed E-state index contributed by atoms with van der Waals surface area (Å²) in [5.74, 6) is 0.815. The van der Waals surface area contributed by atoms with Crippen LogP contribution in [0.25, 0.3) is 0 Å². The van der Waals surface area contributed by atoms with E-state index in [1.807, 2.05) is 18.2 Å². The second-order valence-electron chi connectivity index (χ2n) is 5.46. The molecular weight excluding hydrogens is 292 g/mol. The number of rotatable bonds is 2. The van der Waals surface area contributed by atoms with Gasteiger partial charge in [0.2, 0.25) is 0 Å². The largest absolute Gasteiger partial charge is 0.368 e. The lowest BCUT2D eigenvalue weighted by Crippen LogP contribution is -2.50. The maximum Gasteiger partial charge on any atom is 0.174 e. The normalized spacial score (nSPS) is 14.8. The van der Waals surface area contributed by atoms with E-state index in [1.54, 1.807) is 6.20 Å². The summed E-state index contributed by atoms with van der Waals surface area (Å²) in [5.41, 5.74) is 2.45. The van der Waals surface area contributed by atoms with Gasteiger partial charge in [-0.25, -0.2) is 4.98 Å². The molecule has 2 heterocycles. The second-order valence-corrected chi connectivity index (χ2v) is 5.84. The van der Waals surface area contributed by atoms with Crippen LogP contribution in [0, 0.1) is 6.92 Å². The zero-order chi connectivity index (χ0) is 15.4. The van der Waals surface area contributed by atoms with Gasteiger partial charge in [0, 0.05) is 38.1 Å². The van der Waals surface area contributed by atoms with Crippen molar-refractivity contribution in [2.45, 2.75) is 6.92 Å². The Hall–Kier alpha value is -2.14. The zero-order valence-electron chi connectivity index (χ0n) is 12.7. The molecule has 0 saturated carbocycles. The number of nitrogens with one attached hydrogen (secondary N) is 1. The molecule has 0 aliphatic carbocycles. The van der Waals surface area contributed by atoms with E-state index in [-0.39, 0.29) is 0 Å². The minimum Gasteiger partial charge on any atom is -0.368 e. The van der Waals surface area contributed by atoms with Crippen molar-refractivity contribution in [1.82, 2.24) is 9.88 Å². The van der Waals surface area contributed by atoms with Crippen molar-refractivity contribution < 1.29 is 0 Å². The summed E-state index contributed by atoms with van der Waals surface area (Å²) in [6, 6.07) is 14.5. The monoisotopic (exact) mass is 312 g/mol. The summed E-state index contributed by atoms with van der Waals surface area (Å²) in [4.78, 5) is 8.90. The van der Waals surface area contributed by atoms with Crippen molar-refractivity contribution >= 4 is 28.8 Å². The van der Waals surface area contributed by atoms with Crippen molar-refractivity contribution in [2.75, 3.05) is 36.4 Å². The average molecular weight is 312 g/mol. The molecule has 4 nitrogen and oxygen atoms in total. The van der Waals surface area contributed by atoms with Gasteiger partial charge in [-0.1, -0.05) is 18.2 Å². The third-order valence-electron chi connectivity index (χ3n) is 3.84. The van der Waals surface area contributed by atoms with Gasteiger partial charge in [0.25, 0.3) is 0 Å². The highest BCUT2D eigenvalue weighted by molar-refractivity contribution is 7.80. The lowest BCUT2D eigenvalue weighted by Gasteiger charge is -2.37. The molecule has 1 aromatic heterocycles. The van der Waals surface area contributed by atoms with Gasteiger partial charge < -0.3 is 15.1 Å². The first-order chi connectivity index (χ1) is 10.7. The van der Waals surface area contributed by atoms with Crippen LogP contribution >= 0.6 is 12.2 Å². The predicted molar refractivity (Wildman–Crippen MR) is 95.4 cm³/mol. The quantitative estimate of drug-likeness (QED) is 0.862. The van der Waals surface area contributed by atoms with Crippen molar-refractivity contribution in [3.05, 3.63) is 54.2 Å². The molecule has 0 radical (unpaired) electrons. The smallest absolute Gasteiger partial charge is 0.174 e. The first-order valence-electron chi connectivity index (χ1n) is 7.51. The standard InChI is InChI=1S/C17H20N4S/c1-14-7-8-18-16(13-14)19-17(22)21-11-9-20(10-12-21)15-5-3-2-4-6-15/h2-8,13H,9-12H2,1H3,(H,18,19,22). The molecule has 3 rings (SSSR count). The van der Waals surface area contributed by atoms with Crippen LogP contribution in [0.5, 0.6) is 0 Å². The number of thiocarbonyl (C=S) groups is 1. The van der Waals surface area contributed by atoms with Gasteiger partial charge in [0.1, 0.15) is 5.82 Å². The second kappa shape index (κ2) is 6.75. The molecule has 1 saturated heterocycles.